The minimum Gasteiger partial charge on any atom is -0.465 e. The number of nitrogens with one attached hydrogen (secondary N) is 1. The lowest BCUT2D eigenvalue weighted by Gasteiger charge is -2.29. The molecule has 33 heavy (non-hydrogen) atoms. The SMILES string of the molecule is COC(=O)c1ccc(-n2cccc2[C@@H]2[C@H](c3ccccn3)NC(=S)N2CCCN(C)C)cc1. The first kappa shape index (κ1) is 22.9. The van der Waals surface area contributed by atoms with E-state index in [1.165, 1.54) is 7.11 Å². The van der Waals surface area contributed by atoms with Gasteiger partial charge in [0.2, 0.25) is 0 Å². The quantitative estimate of drug-likeness (QED) is 0.405. The van der Waals surface area contributed by atoms with Crippen molar-refractivity contribution in [3.63, 3.8) is 0 Å². The van der Waals surface area contributed by atoms with Crippen LogP contribution in [0.1, 0.15) is 40.3 Å². The summed E-state index contributed by atoms with van der Waals surface area (Å²) in [6, 6.07) is 17.5. The molecule has 0 amide bonds. The molecule has 0 bridgehead atoms. The summed E-state index contributed by atoms with van der Waals surface area (Å²) < 4.78 is 6.98. The smallest absolute Gasteiger partial charge is 0.337 e. The zero-order valence-corrected chi connectivity index (χ0v) is 20.0. The van der Waals surface area contributed by atoms with Crippen molar-refractivity contribution in [3.05, 3.63) is 83.9 Å². The Morgan fingerprint density at radius 3 is 2.61 bits per heavy atom. The Balaban J connectivity index is 1.71. The van der Waals surface area contributed by atoms with Crippen LogP contribution in [-0.4, -0.2) is 64.7 Å². The molecule has 0 saturated carbocycles. The van der Waals surface area contributed by atoms with Crippen LogP contribution in [0.25, 0.3) is 5.69 Å². The summed E-state index contributed by atoms with van der Waals surface area (Å²) in [5.74, 6) is -0.345. The van der Waals surface area contributed by atoms with Crippen LogP contribution >= 0.6 is 12.2 Å². The summed E-state index contributed by atoms with van der Waals surface area (Å²) in [7, 11) is 5.55. The van der Waals surface area contributed by atoms with Gasteiger partial charge in [0.25, 0.3) is 0 Å². The average Bonchev–Trinajstić information content (AvgIpc) is 3.43. The van der Waals surface area contributed by atoms with Crippen molar-refractivity contribution in [2.75, 3.05) is 34.3 Å². The van der Waals surface area contributed by atoms with E-state index in [-0.39, 0.29) is 18.1 Å². The molecule has 0 unspecified atom stereocenters. The predicted molar refractivity (Wildman–Crippen MR) is 132 cm³/mol. The second-order valence-electron chi connectivity index (χ2n) is 8.32. The first-order valence-electron chi connectivity index (χ1n) is 11.0. The molecule has 1 aliphatic rings. The summed E-state index contributed by atoms with van der Waals surface area (Å²) in [4.78, 5) is 20.9. The fourth-order valence-corrected chi connectivity index (χ4v) is 4.60. The van der Waals surface area contributed by atoms with E-state index in [1.54, 1.807) is 12.1 Å². The largest absolute Gasteiger partial charge is 0.465 e. The van der Waals surface area contributed by atoms with E-state index < -0.39 is 0 Å². The Labute approximate surface area is 200 Å². The van der Waals surface area contributed by atoms with Crippen LogP contribution in [0.4, 0.5) is 0 Å². The number of benzene rings is 1. The van der Waals surface area contributed by atoms with Gasteiger partial charge in [-0.25, -0.2) is 4.79 Å². The van der Waals surface area contributed by atoms with E-state index in [0.717, 1.165) is 41.7 Å². The maximum atomic E-state index is 11.8. The fraction of sp³-hybridized carbons (Fsp3) is 0.320. The molecule has 3 aromatic rings. The molecule has 1 aliphatic heterocycles. The molecule has 7 nitrogen and oxygen atoms in total. The van der Waals surface area contributed by atoms with E-state index in [9.17, 15) is 4.79 Å². The van der Waals surface area contributed by atoms with Crippen molar-refractivity contribution in [2.45, 2.75) is 18.5 Å². The van der Waals surface area contributed by atoms with Gasteiger partial charge in [-0.05, 0) is 87.8 Å². The number of pyridine rings is 1. The second kappa shape index (κ2) is 10.1. The maximum absolute atomic E-state index is 11.8. The molecule has 1 saturated heterocycles. The van der Waals surface area contributed by atoms with Crippen LogP contribution in [0.2, 0.25) is 0 Å². The number of esters is 1. The summed E-state index contributed by atoms with van der Waals surface area (Å²) in [5, 5.41) is 4.25. The standard InChI is InChI=1S/C25H29N5O2S/c1-28(2)15-7-17-30-23(22(27-25(30)33)20-8-4-5-14-26-20)21-9-6-16-29(21)19-12-10-18(11-13-19)24(31)32-3/h4-6,8-14,16,22-23H,7,15,17H2,1-3H3,(H,27,33)/t22-,23+/m0/s1. The Morgan fingerprint density at radius 1 is 1.15 bits per heavy atom. The van der Waals surface area contributed by atoms with Crippen LogP contribution in [0, 0.1) is 0 Å². The Hall–Kier alpha value is -3.23. The predicted octanol–water partition coefficient (Wildman–Crippen LogP) is 3.58. The molecule has 2 aromatic heterocycles. The molecule has 1 N–H and O–H groups in total. The topological polar surface area (TPSA) is 62.6 Å². The van der Waals surface area contributed by atoms with Crippen LogP contribution in [0.3, 0.4) is 0 Å². The lowest BCUT2D eigenvalue weighted by molar-refractivity contribution is 0.0600. The maximum Gasteiger partial charge on any atom is 0.337 e. The van der Waals surface area contributed by atoms with Crippen molar-refractivity contribution in [2.24, 2.45) is 0 Å². The summed E-state index contributed by atoms with van der Waals surface area (Å²) in [6.45, 7) is 1.82. The number of methoxy groups -OCH3 is 1. The molecular formula is C25H29N5O2S. The van der Waals surface area contributed by atoms with E-state index in [1.807, 2.05) is 48.8 Å². The highest BCUT2D eigenvalue weighted by Gasteiger charge is 2.40. The zero-order chi connectivity index (χ0) is 23.4. The van der Waals surface area contributed by atoms with Crippen LogP contribution in [0.15, 0.2) is 67.0 Å². The zero-order valence-electron chi connectivity index (χ0n) is 19.1. The Kier molecular flexibility index (Phi) is 7.05. The van der Waals surface area contributed by atoms with Crippen LogP contribution < -0.4 is 5.32 Å². The summed E-state index contributed by atoms with van der Waals surface area (Å²) in [5.41, 5.74) is 3.55. The Bertz CT molecular complexity index is 1100. The third kappa shape index (κ3) is 4.91. The normalized spacial score (nSPS) is 17.9. The van der Waals surface area contributed by atoms with Crippen molar-refractivity contribution < 1.29 is 9.53 Å². The van der Waals surface area contributed by atoms with Gasteiger partial charge in [0.1, 0.15) is 0 Å². The van der Waals surface area contributed by atoms with Crippen LogP contribution in [0.5, 0.6) is 0 Å². The van der Waals surface area contributed by atoms with Gasteiger partial charge in [-0.15, -0.1) is 0 Å². The molecule has 0 aliphatic carbocycles. The lowest BCUT2D eigenvalue weighted by atomic mass is 10.0. The highest BCUT2D eigenvalue weighted by atomic mass is 32.1. The highest BCUT2D eigenvalue weighted by molar-refractivity contribution is 7.80. The third-order valence-electron chi connectivity index (χ3n) is 5.85. The molecule has 0 radical (unpaired) electrons. The van der Waals surface area contributed by atoms with Gasteiger partial charge in [0.05, 0.1) is 30.5 Å². The van der Waals surface area contributed by atoms with Crippen molar-refractivity contribution in [1.82, 2.24) is 24.7 Å². The molecule has 0 spiro atoms. The highest BCUT2D eigenvalue weighted by Crippen LogP contribution is 2.39. The number of thiocarbonyl (C=S) groups is 1. The number of ether oxygens (including phenoxy) is 1. The molecule has 1 fully saturated rings. The van der Waals surface area contributed by atoms with E-state index in [4.69, 9.17) is 17.0 Å². The fourth-order valence-electron chi connectivity index (χ4n) is 4.27. The molecule has 2 atom stereocenters. The minimum atomic E-state index is -0.345. The van der Waals surface area contributed by atoms with Gasteiger partial charge in [0, 0.05) is 30.3 Å². The number of nitrogens with zero attached hydrogens (tertiary/aromatic N) is 4. The first-order valence-corrected chi connectivity index (χ1v) is 11.4. The lowest BCUT2D eigenvalue weighted by Crippen LogP contribution is -2.33. The Morgan fingerprint density at radius 2 is 1.94 bits per heavy atom. The monoisotopic (exact) mass is 463 g/mol. The third-order valence-corrected chi connectivity index (χ3v) is 6.20. The van der Waals surface area contributed by atoms with Gasteiger partial charge in [0.15, 0.2) is 5.11 Å². The van der Waals surface area contributed by atoms with Crippen LogP contribution in [-0.2, 0) is 4.74 Å². The molecule has 4 rings (SSSR count). The first-order chi connectivity index (χ1) is 16.0. The number of hydrogen-bond acceptors (Lipinski definition) is 5. The number of carbonyl (C=O) groups is 1. The molecule has 1 aromatic carbocycles. The summed E-state index contributed by atoms with van der Waals surface area (Å²) >= 11 is 5.78. The number of aromatic nitrogens is 2. The average molecular weight is 464 g/mol. The van der Waals surface area contributed by atoms with Gasteiger partial charge in [-0.1, -0.05) is 6.07 Å². The van der Waals surface area contributed by atoms with Gasteiger partial charge in [-0.3, -0.25) is 4.98 Å². The number of rotatable bonds is 8. The number of hydrogen-bond donors (Lipinski definition) is 1. The van der Waals surface area contributed by atoms with Gasteiger partial charge < -0.3 is 24.4 Å². The van der Waals surface area contributed by atoms with Crippen molar-refractivity contribution in [1.29, 1.82) is 0 Å². The summed E-state index contributed by atoms with van der Waals surface area (Å²) in [6.07, 6.45) is 4.85. The van der Waals surface area contributed by atoms with Crippen molar-refractivity contribution in [3.8, 4) is 5.69 Å². The molecule has 8 heteroatoms. The molecule has 3 heterocycles. The molecular weight excluding hydrogens is 434 g/mol. The van der Waals surface area contributed by atoms with Gasteiger partial charge >= 0.3 is 5.97 Å². The second-order valence-corrected chi connectivity index (χ2v) is 8.71. The van der Waals surface area contributed by atoms with Crippen molar-refractivity contribution >= 4 is 23.3 Å². The number of carbonyl (C=O) groups excluding carboxylic acids is 1. The van der Waals surface area contributed by atoms with E-state index >= 15 is 0 Å². The minimum absolute atomic E-state index is 0.0233. The molecule has 172 valence electrons. The van der Waals surface area contributed by atoms with E-state index in [0.29, 0.717) is 5.56 Å². The van der Waals surface area contributed by atoms with E-state index in [2.05, 4.69) is 44.8 Å². The van der Waals surface area contributed by atoms with Gasteiger partial charge in [-0.2, -0.15) is 0 Å².